The molecule has 46 heavy (non-hydrogen) atoms. The number of hydrogen-bond donors (Lipinski definition) is 0. The molecule has 3 heterocycles. The molecular formula is C42H25NO3. The maximum atomic E-state index is 6.17. The van der Waals surface area contributed by atoms with Crippen molar-refractivity contribution in [3.63, 3.8) is 0 Å². The molecule has 0 N–H and O–H groups in total. The molecule has 4 nitrogen and oxygen atoms in total. The Morgan fingerprint density at radius 2 is 0.652 bits per heavy atom. The van der Waals surface area contributed by atoms with Gasteiger partial charge in [0, 0.05) is 49.4 Å². The second-order valence-electron chi connectivity index (χ2n) is 11.7. The van der Waals surface area contributed by atoms with E-state index in [4.69, 9.17) is 13.3 Å². The number of hydrogen-bond acceptors (Lipinski definition) is 4. The average molecular weight is 592 g/mol. The molecule has 0 aliphatic heterocycles. The molecule has 10 aromatic rings. The van der Waals surface area contributed by atoms with Gasteiger partial charge in [0.25, 0.3) is 0 Å². The van der Waals surface area contributed by atoms with Crippen molar-refractivity contribution in [2.45, 2.75) is 0 Å². The van der Waals surface area contributed by atoms with Crippen molar-refractivity contribution in [3.05, 3.63) is 152 Å². The van der Waals surface area contributed by atoms with Crippen molar-refractivity contribution in [2.24, 2.45) is 0 Å². The fraction of sp³-hybridized carbons (Fsp3) is 0. The Morgan fingerprint density at radius 1 is 0.283 bits per heavy atom. The van der Waals surface area contributed by atoms with Crippen molar-refractivity contribution in [3.8, 4) is 11.1 Å². The quantitative estimate of drug-likeness (QED) is 0.204. The molecule has 0 aliphatic rings. The lowest BCUT2D eigenvalue weighted by molar-refractivity contribution is 0.668. The minimum absolute atomic E-state index is 0.874. The third-order valence-electron chi connectivity index (χ3n) is 9.07. The molecule has 0 radical (unpaired) electrons. The van der Waals surface area contributed by atoms with E-state index < -0.39 is 0 Å². The standard InChI is InChI=1S/C42H25NO3/c1-4-10-37-31(7-1)34-23-27(15-20-40(34)44-37)26-13-16-28(17-14-26)43(29-18-21-41-35(24-29)32-8-2-5-11-38(32)45-41)30-19-22-42-36(25-30)33-9-3-6-12-39(33)46-42/h1-25H. The summed E-state index contributed by atoms with van der Waals surface area (Å²) >= 11 is 0. The molecule has 7 aromatic carbocycles. The summed E-state index contributed by atoms with van der Waals surface area (Å²) in [6.45, 7) is 0. The van der Waals surface area contributed by atoms with E-state index in [1.807, 2.05) is 36.4 Å². The minimum Gasteiger partial charge on any atom is -0.456 e. The highest BCUT2D eigenvalue weighted by Gasteiger charge is 2.18. The van der Waals surface area contributed by atoms with Crippen LogP contribution in [-0.4, -0.2) is 0 Å². The second-order valence-corrected chi connectivity index (χ2v) is 11.7. The number of furan rings is 3. The molecule has 10 rings (SSSR count). The van der Waals surface area contributed by atoms with Crippen LogP contribution in [0.3, 0.4) is 0 Å². The Bertz CT molecular complexity index is 2650. The molecule has 0 saturated heterocycles. The monoisotopic (exact) mass is 591 g/mol. The van der Waals surface area contributed by atoms with Gasteiger partial charge in [0.1, 0.15) is 33.5 Å². The topological polar surface area (TPSA) is 42.7 Å². The lowest BCUT2D eigenvalue weighted by Gasteiger charge is -2.26. The fourth-order valence-corrected chi connectivity index (χ4v) is 6.86. The average Bonchev–Trinajstić information content (AvgIpc) is 3.79. The zero-order valence-electron chi connectivity index (χ0n) is 24.6. The summed E-state index contributed by atoms with van der Waals surface area (Å²) in [5.41, 5.74) is 10.8. The molecule has 0 spiro atoms. The van der Waals surface area contributed by atoms with E-state index in [9.17, 15) is 0 Å². The van der Waals surface area contributed by atoms with Gasteiger partial charge < -0.3 is 18.2 Å². The third kappa shape index (κ3) is 3.80. The molecule has 0 aliphatic carbocycles. The Kier molecular flexibility index (Phi) is 5.25. The molecule has 0 bridgehead atoms. The van der Waals surface area contributed by atoms with Gasteiger partial charge in [0.05, 0.1) is 0 Å². The van der Waals surface area contributed by atoms with E-state index in [2.05, 4.69) is 120 Å². The first-order valence-electron chi connectivity index (χ1n) is 15.4. The minimum atomic E-state index is 0.874. The third-order valence-corrected chi connectivity index (χ3v) is 9.07. The molecule has 0 unspecified atom stereocenters. The SMILES string of the molecule is c1ccc2c(c1)oc1ccc(-c3ccc(N(c4ccc5oc6ccccc6c5c4)c4ccc5oc6ccccc6c5c4)cc3)cc12. The highest BCUT2D eigenvalue weighted by molar-refractivity contribution is 6.09. The number of fused-ring (bicyclic) bond motifs is 9. The van der Waals surface area contributed by atoms with E-state index in [0.29, 0.717) is 0 Å². The smallest absolute Gasteiger partial charge is 0.135 e. The number of para-hydroxylation sites is 3. The maximum absolute atomic E-state index is 6.17. The van der Waals surface area contributed by atoms with Crippen LogP contribution in [0, 0.1) is 0 Å². The predicted molar refractivity (Wildman–Crippen MR) is 188 cm³/mol. The Labute approximate surface area is 263 Å². The summed E-state index contributed by atoms with van der Waals surface area (Å²) in [5.74, 6) is 0. The van der Waals surface area contributed by atoms with E-state index in [0.717, 1.165) is 94.0 Å². The summed E-state index contributed by atoms with van der Waals surface area (Å²) in [6.07, 6.45) is 0. The summed E-state index contributed by atoms with van der Waals surface area (Å²) < 4.78 is 18.4. The first kappa shape index (κ1) is 25.1. The lowest BCUT2D eigenvalue weighted by Crippen LogP contribution is -2.09. The zero-order valence-corrected chi connectivity index (χ0v) is 24.6. The van der Waals surface area contributed by atoms with Crippen LogP contribution < -0.4 is 4.90 Å². The summed E-state index contributed by atoms with van der Waals surface area (Å²) in [4.78, 5) is 2.30. The van der Waals surface area contributed by atoms with Crippen LogP contribution in [0.2, 0.25) is 0 Å². The van der Waals surface area contributed by atoms with Crippen LogP contribution in [0.5, 0.6) is 0 Å². The van der Waals surface area contributed by atoms with Crippen LogP contribution in [-0.2, 0) is 0 Å². The van der Waals surface area contributed by atoms with E-state index in [-0.39, 0.29) is 0 Å². The summed E-state index contributed by atoms with van der Waals surface area (Å²) in [6, 6.07) is 52.7. The number of anilines is 3. The van der Waals surface area contributed by atoms with Gasteiger partial charge in [0.15, 0.2) is 0 Å². The molecule has 3 aromatic heterocycles. The van der Waals surface area contributed by atoms with Crippen molar-refractivity contribution in [1.29, 1.82) is 0 Å². The van der Waals surface area contributed by atoms with E-state index in [1.165, 1.54) is 0 Å². The first-order chi connectivity index (χ1) is 22.8. The van der Waals surface area contributed by atoms with Crippen molar-refractivity contribution < 1.29 is 13.3 Å². The van der Waals surface area contributed by atoms with Gasteiger partial charge in [-0.15, -0.1) is 0 Å². The predicted octanol–water partition coefficient (Wildman–Crippen LogP) is 12.5. The molecule has 0 amide bonds. The van der Waals surface area contributed by atoms with Crippen molar-refractivity contribution in [2.75, 3.05) is 4.90 Å². The van der Waals surface area contributed by atoms with Gasteiger partial charge in [-0.25, -0.2) is 0 Å². The van der Waals surface area contributed by atoms with Crippen LogP contribution in [0.1, 0.15) is 0 Å². The molecule has 0 saturated carbocycles. The van der Waals surface area contributed by atoms with Gasteiger partial charge in [0.2, 0.25) is 0 Å². The van der Waals surface area contributed by atoms with Crippen LogP contribution >= 0.6 is 0 Å². The lowest BCUT2D eigenvalue weighted by atomic mass is 10.0. The van der Waals surface area contributed by atoms with Gasteiger partial charge in [-0.3, -0.25) is 0 Å². The van der Waals surface area contributed by atoms with Gasteiger partial charge in [-0.05, 0) is 90.0 Å². The number of benzene rings is 7. The maximum Gasteiger partial charge on any atom is 0.135 e. The summed E-state index contributed by atoms with van der Waals surface area (Å²) in [5, 5.41) is 6.64. The largest absolute Gasteiger partial charge is 0.456 e. The Hall–Kier alpha value is -6.26. The molecule has 216 valence electrons. The van der Waals surface area contributed by atoms with Crippen molar-refractivity contribution in [1.82, 2.24) is 0 Å². The molecule has 0 fully saturated rings. The fourth-order valence-electron chi connectivity index (χ4n) is 6.86. The van der Waals surface area contributed by atoms with Crippen LogP contribution in [0.25, 0.3) is 76.9 Å². The first-order valence-corrected chi connectivity index (χ1v) is 15.4. The number of nitrogens with zero attached hydrogens (tertiary/aromatic N) is 1. The zero-order chi connectivity index (χ0) is 30.2. The highest BCUT2D eigenvalue weighted by Crippen LogP contribution is 2.42. The van der Waals surface area contributed by atoms with Gasteiger partial charge >= 0.3 is 0 Å². The molecular weight excluding hydrogens is 566 g/mol. The molecule has 0 atom stereocenters. The molecule has 4 heteroatoms. The van der Waals surface area contributed by atoms with E-state index >= 15 is 0 Å². The number of rotatable bonds is 4. The second kappa shape index (κ2) is 9.62. The summed E-state index contributed by atoms with van der Waals surface area (Å²) in [7, 11) is 0. The Balaban J connectivity index is 1.13. The van der Waals surface area contributed by atoms with Crippen LogP contribution in [0.4, 0.5) is 17.1 Å². The Morgan fingerprint density at radius 3 is 1.15 bits per heavy atom. The normalized spacial score (nSPS) is 11.9. The van der Waals surface area contributed by atoms with E-state index in [1.54, 1.807) is 0 Å². The van der Waals surface area contributed by atoms with Crippen molar-refractivity contribution >= 4 is 82.9 Å². The van der Waals surface area contributed by atoms with Gasteiger partial charge in [-0.2, -0.15) is 0 Å². The van der Waals surface area contributed by atoms with Crippen LogP contribution in [0.15, 0.2) is 165 Å². The highest BCUT2D eigenvalue weighted by atomic mass is 16.3. The van der Waals surface area contributed by atoms with Gasteiger partial charge in [-0.1, -0.05) is 72.8 Å².